The van der Waals surface area contributed by atoms with Gasteiger partial charge in [0.25, 0.3) is 0 Å². The van der Waals surface area contributed by atoms with Crippen LogP contribution in [0.4, 0.5) is 0 Å². The molecule has 62 valence electrons. The quantitative estimate of drug-likeness (QED) is 0.614. The second-order valence-corrected chi connectivity index (χ2v) is 3.24. The van der Waals surface area contributed by atoms with Gasteiger partial charge >= 0.3 is 0 Å². The highest BCUT2D eigenvalue weighted by atomic mass is 16.3. The van der Waals surface area contributed by atoms with Crippen LogP contribution < -0.4 is 0 Å². The average Bonchev–Trinajstić information content (AvgIpc) is 1.94. The van der Waals surface area contributed by atoms with Crippen LogP contribution in [0.5, 0.6) is 0 Å². The molecule has 2 heteroatoms. The van der Waals surface area contributed by atoms with E-state index in [-0.39, 0.29) is 6.10 Å². The third kappa shape index (κ3) is 1.84. The minimum absolute atomic E-state index is 0.383. The van der Waals surface area contributed by atoms with Gasteiger partial charge in [0.2, 0.25) is 0 Å². The zero-order chi connectivity index (χ0) is 8.43. The molecule has 0 spiro atoms. The first-order valence-electron chi connectivity index (χ1n) is 3.91. The normalized spacial score (nSPS) is 24.3. The van der Waals surface area contributed by atoms with E-state index >= 15 is 0 Å². The second kappa shape index (κ2) is 3.09. The van der Waals surface area contributed by atoms with Crippen LogP contribution in [-0.2, 0) is 0 Å². The molecule has 0 saturated heterocycles. The first-order chi connectivity index (χ1) is 5.11. The van der Waals surface area contributed by atoms with E-state index in [9.17, 15) is 5.11 Å². The van der Waals surface area contributed by atoms with E-state index in [0.717, 1.165) is 5.57 Å². The van der Waals surface area contributed by atoms with Gasteiger partial charge in [0.1, 0.15) is 0 Å². The van der Waals surface area contributed by atoms with Gasteiger partial charge in [0.15, 0.2) is 0 Å². The second-order valence-electron chi connectivity index (χ2n) is 3.24. The fourth-order valence-electron chi connectivity index (χ4n) is 1.17. The lowest BCUT2D eigenvalue weighted by atomic mass is 9.97. The molecule has 0 saturated carbocycles. The Labute approximate surface area is 67.8 Å². The maximum Gasteiger partial charge on any atom is 0.0968 e. The molecule has 0 radical (unpaired) electrons. The maximum absolute atomic E-state index is 9.48. The molecule has 1 rings (SSSR count). The Hall–Kier alpha value is -0.760. The summed E-state index contributed by atoms with van der Waals surface area (Å²) < 4.78 is 0. The highest BCUT2D eigenvalue weighted by Gasteiger charge is 2.14. The Morgan fingerprint density at radius 3 is 2.64 bits per heavy atom. The summed E-state index contributed by atoms with van der Waals surface area (Å²) in [6.45, 7) is 4.17. The fourth-order valence-corrected chi connectivity index (χ4v) is 1.17. The van der Waals surface area contributed by atoms with Crippen LogP contribution in [0.25, 0.3) is 0 Å². The summed E-state index contributed by atoms with van der Waals surface area (Å²) in [7, 11) is 1.96. The van der Waals surface area contributed by atoms with Crippen molar-refractivity contribution in [1.82, 2.24) is 4.90 Å². The summed E-state index contributed by atoms with van der Waals surface area (Å²) in [5.41, 5.74) is 1.08. The molecule has 2 nitrogen and oxygen atoms in total. The van der Waals surface area contributed by atoms with Gasteiger partial charge in [0, 0.05) is 19.4 Å². The zero-order valence-corrected chi connectivity index (χ0v) is 7.28. The topological polar surface area (TPSA) is 23.5 Å². The minimum Gasteiger partial charge on any atom is -0.384 e. The van der Waals surface area contributed by atoms with E-state index in [1.807, 2.05) is 24.3 Å². The molecular formula is C9H15NO. The first kappa shape index (κ1) is 8.34. The minimum atomic E-state index is -0.383. The monoisotopic (exact) mass is 153 g/mol. The molecule has 0 aromatic rings. The van der Waals surface area contributed by atoms with Crippen LogP contribution in [0.1, 0.15) is 13.8 Å². The highest BCUT2D eigenvalue weighted by Crippen LogP contribution is 2.19. The number of hydrogen-bond acceptors (Lipinski definition) is 2. The summed E-state index contributed by atoms with van der Waals surface area (Å²) in [6.07, 6.45) is 5.27. The summed E-state index contributed by atoms with van der Waals surface area (Å²) in [5, 5.41) is 9.48. The molecule has 0 aliphatic carbocycles. The van der Waals surface area contributed by atoms with Crippen LogP contribution in [0, 0.1) is 5.92 Å². The molecule has 0 aromatic heterocycles. The van der Waals surface area contributed by atoms with Crippen molar-refractivity contribution < 1.29 is 5.11 Å². The van der Waals surface area contributed by atoms with Gasteiger partial charge in [-0.1, -0.05) is 13.8 Å². The Morgan fingerprint density at radius 2 is 2.18 bits per heavy atom. The van der Waals surface area contributed by atoms with Crippen LogP contribution in [-0.4, -0.2) is 23.2 Å². The molecule has 1 unspecified atom stereocenters. The van der Waals surface area contributed by atoms with Gasteiger partial charge < -0.3 is 10.0 Å². The Balaban J connectivity index is 2.76. The number of rotatable bonds is 1. The molecule has 0 fully saturated rings. The van der Waals surface area contributed by atoms with Gasteiger partial charge in [-0.25, -0.2) is 0 Å². The summed E-state index contributed by atoms with van der Waals surface area (Å²) in [6, 6.07) is 0. The largest absolute Gasteiger partial charge is 0.384 e. The number of aliphatic hydroxyl groups excluding tert-OH is 1. The standard InChI is InChI=1S/C9H15NO/c1-7(2)8-6-10(3)5-4-9(8)11/h4-7,9,11H,1-3H3. The molecule has 0 bridgehead atoms. The molecule has 1 N–H and O–H groups in total. The molecule has 1 heterocycles. The van der Waals surface area contributed by atoms with Gasteiger partial charge in [-0.3, -0.25) is 0 Å². The van der Waals surface area contributed by atoms with Crippen molar-refractivity contribution in [1.29, 1.82) is 0 Å². The lowest BCUT2D eigenvalue weighted by Crippen LogP contribution is -2.20. The van der Waals surface area contributed by atoms with Crippen molar-refractivity contribution >= 4 is 0 Å². The van der Waals surface area contributed by atoms with Crippen LogP contribution >= 0.6 is 0 Å². The van der Waals surface area contributed by atoms with Gasteiger partial charge in [-0.05, 0) is 17.6 Å². The predicted molar refractivity (Wildman–Crippen MR) is 45.8 cm³/mol. The van der Waals surface area contributed by atoms with E-state index in [0.29, 0.717) is 5.92 Å². The Bertz CT molecular complexity index is 194. The molecular weight excluding hydrogens is 138 g/mol. The lowest BCUT2D eigenvalue weighted by molar-refractivity contribution is 0.238. The first-order valence-corrected chi connectivity index (χ1v) is 3.91. The third-order valence-corrected chi connectivity index (χ3v) is 1.86. The van der Waals surface area contributed by atoms with Crippen molar-refractivity contribution in [3.05, 3.63) is 24.0 Å². The Morgan fingerprint density at radius 1 is 1.55 bits per heavy atom. The zero-order valence-electron chi connectivity index (χ0n) is 7.28. The molecule has 0 aromatic carbocycles. The molecule has 1 aliphatic rings. The van der Waals surface area contributed by atoms with Crippen molar-refractivity contribution in [3.63, 3.8) is 0 Å². The molecule has 0 amide bonds. The fraction of sp³-hybridized carbons (Fsp3) is 0.556. The summed E-state index contributed by atoms with van der Waals surface area (Å²) >= 11 is 0. The van der Waals surface area contributed by atoms with Gasteiger partial charge in [0.05, 0.1) is 6.10 Å². The molecule has 11 heavy (non-hydrogen) atoms. The maximum atomic E-state index is 9.48. The van der Waals surface area contributed by atoms with E-state index < -0.39 is 0 Å². The number of nitrogens with zero attached hydrogens (tertiary/aromatic N) is 1. The predicted octanol–water partition coefficient (Wildman–Crippen LogP) is 1.35. The molecule has 1 aliphatic heterocycles. The van der Waals surface area contributed by atoms with Crippen molar-refractivity contribution in [2.45, 2.75) is 20.0 Å². The van der Waals surface area contributed by atoms with Crippen molar-refractivity contribution in [3.8, 4) is 0 Å². The van der Waals surface area contributed by atoms with E-state index in [1.165, 1.54) is 0 Å². The lowest BCUT2D eigenvalue weighted by Gasteiger charge is -2.23. The van der Waals surface area contributed by atoms with Crippen LogP contribution in [0.15, 0.2) is 24.0 Å². The number of hydrogen-bond donors (Lipinski definition) is 1. The summed E-state index contributed by atoms with van der Waals surface area (Å²) in [4.78, 5) is 1.96. The van der Waals surface area contributed by atoms with Gasteiger partial charge in [-0.2, -0.15) is 0 Å². The van der Waals surface area contributed by atoms with Gasteiger partial charge in [-0.15, -0.1) is 0 Å². The third-order valence-electron chi connectivity index (χ3n) is 1.86. The molecule has 1 atom stereocenters. The number of aliphatic hydroxyl groups is 1. The highest BCUT2D eigenvalue weighted by molar-refractivity contribution is 5.21. The van der Waals surface area contributed by atoms with E-state index in [2.05, 4.69) is 13.8 Å². The van der Waals surface area contributed by atoms with Crippen molar-refractivity contribution in [2.75, 3.05) is 7.05 Å². The van der Waals surface area contributed by atoms with E-state index in [4.69, 9.17) is 0 Å². The smallest absolute Gasteiger partial charge is 0.0968 e. The average molecular weight is 153 g/mol. The van der Waals surface area contributed by atoms with E-state index in [1.54, 1.807) is 6.08 Å². The SMILES string of the molecule is CC(C)C1=CN(C)C=CC1O. The Kier molecular flexibility index (Phi) is 2.35. The van der Waals surface area contributed by atoms with Crippen LogP contribution in [0.2, 0.25) is 0 Å². The summed E-state index contributed by atoms with van der Waals surface area (Å²) in [5.74, 6) is 0.414. The van der Waals surface area contributed by atoms with Crippen molar-refractivity contribution in [2.24, 2.45) is 5.92 Å². The van der Waals surface area contributed by atoms with Crippen LogP contribution in [0.3, 0.4) is 0 Å².